The van der Waals surface area contributed by atoms with Gasteiger partial charge in [0.05, 0.1) is 0 Å². The number of hydrogen-bond donors (Lipinski definition) is 1. The summed E-state index contributed by atoms with van der Waals surface area (Å²) in [5, 5.41) is 3.53. The van der Waals surface area contributed by atoms with E-state index in [9.17, 15) is 0 Å². The molecule has 0 bridgehead atoms. The largest absolute Gasteiger partial charge is 0.315 e. The van der Waals surface area contributed by atoms with E-state index in [0.717, 1.165) is 19.1 Å². The van der Waals surface area contributed by atoms with Gasteiger partial charge in [-0.2, -0.15) is 0 Å². The molecule has 1 aliphatic heterocycles. The zero-order valence-corrected chi connectivity index (χ0v) is 10.8. The van der Waals surface area contributed by atoms with Crippen LogP contribution < -0.4 is 5.32 Å². The molecule has 2 unspecified atom stereocenters. The Morgan fingerprint density at radius 1 is 1.33 bits per heavy atom. The first kappa shape index (κ1) is 13.0. The second kappa shape index (κ2) is 7.24. The van der Waals surface area contributed by atoms with E-state index in [1.54, 1.807) is 0 Å². The second-order valence-electron chi connectivity index (χ2n) is 4.99. The molecule has 2 atom stereocenters. The normalized spacial score (nSPS) is 26.2. The lowest BCUT2D eigenvalue weighted by atomic mass is 10.1. The van der Waals surface area contributed by atoms with Crippen molar-refractivity contribution in [2.75, 3.05) is 19.6 Å². The molecule has 1 N–H and O–H groups in total. The molecule has 0 aliphatic carbocycles. The van der Waals surface area contributed by atoms with E-state index in [1.165, 1.54) is 38.6 Å². The molecule has 2 heteroatoms. The third-order valence-electron chi connectivity index (χ3n) is 3.54. The first-order chi connectivity index (χ1) is 7.25. The van der Waals surface area contributed by atoms with Crippen LogP contribution in [0.3, 0.4) is 0 Å². The van der Waals surface area contributed by atoms with E-state index in [0.29, 0.717) is 6.04 Å². The molecule has 0 aromatic rings. The van der Waals surface area contributed by atoms with Gasteiger partial charge in [0.15, 0.2) is 0 Å². The van der Waals surface area contributed by atoms with Crippen LogP contribution in [0.1, 0.15) is 52.9 Å². The standard InChI is InChI=1S/C13H28N2/c1-4-9-14-11-13(3)15-10-7-5-6-8-12(15)2/h12-14H,4-11H2,1-3H3. The number of likely N-dealkylation sites (tertiary alicyclic amines) is 1. The Balaban J connectivity index is 2.31. The van der Waals surface area contributed by atoms with Crippen molar-refractivity contribution < 1.29 is 0 Å². The highest BCUT2D eigenvalue weighted by Gasteiger charge is 2.21. The third kappa shape index (κ3) is 4.52. The van der Waals surface area contributed by atoms with Gasteiger partial charge in [-0.1, -0.05) is 19.8 Å². The van der Waals surface area contributed by atoms with Crippen LogP contribution in [0.15, 0.2) is 0 Å². The molecule has 1 heterocycles. The monoisotopic (exact) mass is 212 g/mol. The fraction of sp³-hybridized carbons (Fsp3) is 1.00. The smallest absolute Gasteiger partial charge is 0.0195 e. The fourth-order valence-corrected chi connectivity index (χ4v) is 2.56. The minimum atomic E-state index is 0.699. The highest BCUT2D eigenvalue weighted by atomic mass is 15.2. The Bertz CT molecular complexity index is 159. The topological polar surface area (TPSA) is 15.3 Å². The van der Waals surface area contributed by atoms with Crippen molar-refractivity contribution in [1.82, 2.24) is 10.2 Å². The SMILES string of the molecule is CCCNCC(C)N1CCCCCC1C. The summed E-state index contributed by atoms with van der Waals surface area (Å²) in [6, 6.07) is 1.48. The molecule has 0 aromatic heterocycles. The fourth-order valence-electron chi connectivity index (χ4n) is 2.56. The molecule has 2 nitrogen and oxygen atoms in total. The van der Waals surface area contributed by atoms with Crippen LogP contribution in [0, 0.1) is 0 Å². The molecular weight excluding hydrogens is 184 g/mol. The Kier molecular flexibility index (Phi) is 6.26. The van der Waals surface area contributed by atoms with Gasteiger partial charge in [0.1, 0.15) is 0 Å². The third-order valence-corrected chi connectivity index (χ3v) is 3.54. The van der Waals surface area contributed by atoms with E-state index in [-0.39, 0.29) is 0 Å². The highest BCUT2D eigenvalue weighted by Crippen LogP contribution is 2.18. The number of hydrogen-bond acceptors (Lipinski definition) is 2. The molecule has 1 fully saturated rings. The quantitative estimate of drug-likeness (QED) is 0.705. The average molecular weight is 212 g/mol. The van der Waals surface area contributed by atoms with Gasteiger partial charge in [-0.3, -0.25) is 4.90 Å². The summed E-state index contributed by atoms with van der Waals surface area (Å²) in [5.74, 6) is 0. The first-order valence-corrected chi connectivity index (χ1v) is 6.72. The van der Waals surface area contributed by atoms with Crippen LogP contribution in [0.25, 0.3) is 0 Å². The van der Waals surface area contributed by atoms with Crippen LogP contribution in [-0.4, -0.2) is 36.6 Å². The van der Waals surface area contributed by atoms with Gasteiger partial charge in [-0.05, 0) is 46.2 Å². The molecule has 1 rings (SSSR count). The summed E-state index contributed by atoms with van der Waals surface area (Å²) < 4.78 is 0. The summed E-state index contributed by atoms with van der Waals surface area (Å²) in [6.45, 7) is 10.6. The molecule has 90 valence electrons. The summed E-state index contributed by atoms with van der Waals surface area (Å²) in [6.07, 6.45) is 6.87. The number of nitrogens with one attached hydrogen (secondary N) is 1. The van der Waals surface area contributed by atoms with Crippen molar-refractivity contribution in [3.63, 3.8) is 0 Å². The molecule has 0 spiro atoms. The predicted octanol–water partition coefficient (Wildman–Crippen LogP) is 2.64. The Morgan fingerprint density at radius 2 is 2.13 bits per heavy atom. The minimum absolute atomic E-state index is 0.699. The van der Waals surface area contributed by atoms with Crippen molar-refractivity contribution in [3.05, 3.63) is 0 Å². The van der Waals surface area contributed by atoms with Crippen molar-refractivity contribution in [3.8, 4) is 0 Å². The summed E-state index contributed by atoms with van der Waals surface area (Å²) in [7, 11) is 0. The highest BCUT2D eigenvalue weighted by molar-refractivity contribution is 4.77. The van der Waals surface area contributed by atoms with E-state index in [4.69, 9.17) is 0 Å². The molecule has 0 radical (unpaired) electrons. The maximum atomic E-state index is 3.53. The van der Waals surface area contributed by atoms with Gasteiger partial charge in [-0.15, -0.1) is 0 Å². The van der Waals surface area contributed by atoms with E-state index >= 15 is 0 Å². The number of rotatable bonds is 5. The Labute approximate surface area is 95.4 Å². The zero-order chi connectivity index (χ0) is 11.1. The first-order valence-electron chi connectivity index (χ1n) is 6.72. The van der Waals surface area contributed by atoms with Crippen LogP contribution in [-0.2, 0) is 0 Å². The average Bonchev–Trinajstić information content (AvgIpc) is 2.43. The molecule has 0 saturated carbocycles. The van der Waals surface area contributed by atoms with Crippen LogP contribution in [0.5, 0.6) is 0 Å². The summed E-state index contributed by atoms with van der Waals surface area (Å²) >= 11 is 0. The molecule has 15 heavy (non-hydrogen) atoms. The van der Waals surface area contributed by atoms with Gasteiger partial charge in [0.2, 0.25) is 0 Å². The summed E-state index contributed by atoms with van der Waals surface area (Å²) in [5.41, 5.74) is 0. The van der Waals surface area contributed by atoms with Crippen molar-refractivity contribution >= 4 is 0 Å². The number of nitrogens with zero attached hydrogens (tertiary/aromatic N) is 1. The van der Waals surface area contributed by atoms with Gasteiger partial charge < -0.3 is 5.32 Å². The van der Waals surface area contributed by atoms with Crippen LogP contribution in [0.4, 0.5) is 0 Å². The van der Waals surface area contributed by atoms with Crippen molar-refractivity contribution in [1.29, 1.82) is 0 Å². The van der Waals surface area contributed by atoms with Gasteiger partial charge in [0.25, 0.3) is 0 Å². The summed E-state index contributed by atoms with van der Waals surface area (Å²) in [4.78, 5) is 2.69. The maximum Gasteiger partial charge on any atom is 0.0195 e. The van der Waals surface area contributed by atoms with Crippen molar-refractivity contribution in [2.24, 2.45) is 0 Å². The van der Waals surface area contributed by atoms with Crippen LogP contribution in [0.2, 0.25) is 0 Å². The molecular formula is C13H28N2. The van der Waals surface area contributed by atoms with E-state index < -0.39 is 0 Å². The molecule has 0 aromatic carbocycles. The Hall–Kier alpha value is -0.0800. The lowest BCUT2D eigenvalue weighted by molar-refractivity contribution is 0.155. The van der Waals surface area contributed by atoms with Crippen LogP contribution >= 0.6 is 0 Å². The molecule has 1 aliphatic rings. The van der Waals surface area contributed by atoms with Gasteiger partial charge in [-0.25, -0.2) is 0 Å². The second-order valence-corrected chi connectivity index (χ2v) is 4.99. The lowest BCUT2D eigenvalue weighted by Crippen LogP contribution is -2.45. The minimum Gasteiger partial charge on any atom is -0.315 e. The zero-order valence-electron chi connectivity index (χ0n) is 10.8. The predicted molar refractivity (Wildman–Crippen MR) is 67.3 cm³/mol. The maximum absolute atomic E-state index is 3.53. The van der Waals surface area contributed by atoms with Gasteiger partial charge in [0, 0.05) is 18.6 Å². The van der Waals surface area contributed by atoms with Crippen molar-refractivity contribution in [2.45, 2.75) is 65.0 Å². The Morgan fingerprint density at radius 3 is 2.87 bits per heavy atom. The molecule has 0 amide bonds. The molecule has 1 saturated heterocycles. The van der Waals surface area contributed by atoms with Gasteiger partial charge >= 0.3 is 0 Å². The van der Waals surface area contributed by atoms with E-state index in [2.05, 4.69) is 31.0 Å². The van der Waals surface area contributed by atoms with E-state index in [1.807, 2.05) is 0 Å². The lowest BCUT2D eigenvalue weighted by Gasteiger charge is -2.33.